The SMILES string of the molecule is CCOS(=O)(=O)c1ccc(-c2ccc(S(=O)(=O)OCC)cc2)cc1. The molecule has 0 radical (unpaired) electrons. The molecule has 8 heteroatoms. The molecule has 0 bridgehead atoms. The van der Waals surface area contributed by atoms with Gasteiger partial charge < -0.3 is 0 Å². The van der Waals surface area contributed by atoms with Gasteiger partial charge in [-0.05, 0) is 49.2 Å². The Morgan fingerprint density at radius 2 is 0.917 bits per heavy atom. The molecule has 2 rings (SSSR count). The summed E-state index contributed by atoms with van der Waals surface area (Å²) in [4.78, 5) is 0.146. The maximum Gasteiger partial charge on any atom is 0.296 e. The van der Waals surface area contributed by atoms with Gasteiger partial charge >= 0.3 is 0 Å². The van der Waals surface area contributed by atoms with Crippen LogP contribution in [0.25, 0.3) is 11.1 Å². The highest BCUT2D eigenvalue weighted by atomic mass is 32.2. The van der Waals surface area contributed by atoms with Gasteiger partial charge in [0.05, 0.1) is 23.0 Å². The molecule has 0 amide bonds. The largest absolute Gasteiger partial charge is 0.296 e. The van der Waals surface area contributed by atoms with Crippen LogP contribution in [0, 0.1) is 0 Å². The third-order valence-corrected chi connectivity index (χ3v) is 5.96. The smallest absolute Gasteiger partial charge is 0.267 e. The van der Waals surface area contributed by atoms with Crippen LogP contribution in [-0.2, 0) is 28.6 Å². The first-order valence-electron chi connectivity index (χ1n) is 7.29. The lowest BCUT2D eigenvalue weighted by atomic mass is 10.1. The normalized spacial score (nSPS) is 12.2. The van der Waals surface area contributed by atoms with Crippen molar-refractivity contribution in [2.45, 2.75) is 23.6 Å². The number of hydrogen-bond donors (Lipinski definition) is 0. The zero-order chi connectivity index (χ0) is 17.8. The standard InChI is InChI=1S/C16H18O6S2/c1-3-21-23(17,18)15-9-5-13(6-10-15)14-7-11-16(12-8-14)24(19,20)22-4-2/h5-12H,3-4H2,1-2H3. The zero-order valence-corrected chi connectivity index (χ0v) is 14.9. The number of benzene rings is 2. The molecule has 2 aromatic carbocycles. The molecule has 2 aromatic rings. The van der Waals surface area contributed by atoms with Crippen LogP contribution in [0.2, 0.25) is 0 Å². The molecule has 0 heterocycles. The van der Waals surface area contributed by atoms with Crippen LogP contribution in [0.15, 0.2) is 58.3 Å². The van der Waals surface area contributed by atoms with E-state index in [1.54, 1.807) is 38.1 Å². The molecule has 0 fully saturated rings. The summed E-state index contributed by atoms with van der Waals surface area (Å²) in [5, 5.41) is 0. The average molecular weight is 370 g/mol. The summed E-state index contributed by atoms with van der Waals surface area (Å²) < 4.78 is 56.6. The summed E-state index contributed by atoms with van der Waals surface area (Å²) in [6, 6.07) is 12.3. The first-order valence-corrected chi connectivity index (χ1v) is 10.1. The molecule has 0 aliphatic heterocycles. The Labute approximate surface area is 142 Å². The van der Waals surface area contributed by atoms with Gasteiger partial charge in [0, 0.05) is 0 Å². The highest BCUT2D eigenvalue weighted by Gasteiger charge is 2.15. The summed E-state index contributed by atoms with van der Waals surface area (Å²) in [5.41, 5.74) is 1.51. The molecule has 6 nitrogen and oxygen atoms in total. The lowest BCUT2D eigenvalue weighted by Gasteiger charge is -2.07. The number of rotatable bonds is 7. The van der Waals surface area contributed by atoms with Gasteiger partial charge in [0.25, 0.3) is 20.2 Å². The van der Waals surface area contributed by atoms with Crippen LogP contribution < -0.4 is 0 Å². The summed E-state index contributed by atoms with van der Waals surface area (Å²) >= 11 is 0. The quantitative estimate of drug-likeness (QED) is 0.697. The van der Waals surface area contributed by atoms with Gasteiger partial charge in [-0.15, -0.1) is 0 Å². The van der Waals surface area contributed by atoms with Gasteiger partial charge in [0.2, 0.25) is 0 Å². The van der Waals surface area contributed by atoms with E-state index in [0.717, 1.165) is 11.1 Å². The average Bonchev–Trinajstić information content (AvgIpc) is 2.55. The van der Waals surface area contributed by atoms with Crippen molar-refractivity contribution in [3.63, 3.8) is 0 Å². The minimum Gasteiger partial charge on any atom is -0.267 e. The fourth-order valence-electron chi connectivity index (χ4n) is 2.07. The van der Waals surface area contributed by atoms with E-state index < -0.39 is 20.2 Å². The third-order valence-electron chi connectivity index (χ3n) is 3.17. The zero-order valence-electron chi connectivity index (χ0n) is 13.3. The second kappa shape index (κ2) is 7.43. The van der Waals surface area contributed by atoms with Crippen molar-refractivity contribution in [3.05, 3.63) is 48.5 Å². The molecule has 0 aromatic heterocycles. The highest BCUT2D eigenvalue weighted by Crippen LogP contribution is 2.24. The summed E-state index contributed by atoms with van der Waals surface area (Å²) in [6.45, 7) is 3.34. The van der Waals surface area contributed by atoms with Crippen molar-refractivity contribution in [1.82, 2.24) is 0 Å². The molecule has 0 saturated heterocycles. The Morgan fingerprint density at radius 1 is 0.625 bits per heavy atom. The van der Waals surface area contributed by atoms with Crippen molar-refractivity contribution in [1.29, 1.82) is 0 Å². The van der Waals surface area contributed by atoms with Crippen LogP contribution in [0.4, 0.5) is 0 Å². The van der Waals surface area contributed by atoms with Crippen molar-refractivity contribution < 1.29 is 25.2 Å². The molecule has 0 aliphatic carbocycles. The van der Waals surface area contributed by atoms with E-state index in [4.69, 9.17) is 8.37 Å². The highest BCUT2D eigenvalue weighted by molar-refractivity contribution is 7.87. The maximum atomic E-state index is 11.8. The summed E-state index contributed by atoms with van der Waals surface area (Å²) in [5.74, 6) is 0. The maximum absolute atomic E-state index is 11.8. The third kappa shape index (κ3) is 4.21. The van der Waals surface area contributed by atoms with Gasteiger partial charge in [-0.3, -0.25) is 8.37 Å². The molecular weight excluding hydrogens is 352 g/mol. The van der Waals surface area contributed by atoms with E-state index in [0.29, 0.717) is 0 Å². The fourth-order valence-corrected chi connectivity index (χ4v) is 3.91. The molecule has 0 spiro atoms. The molecule has 24 heavy (non-hydrogen) atoms. The predicted octanol–water partition coefficient (Wildman–Crippen LogP) is 2.80. The first kappa shape index (κ1) is 18.6. The van der Waals surface area contributed by atoms with Crippen molar-refractivity contribution in [2.24, 2.45) is 0 Å². The lowest BCUT2D eigenvalue weighted by molar-refractivity contribution is 0.337. The van der Waals surface area contributed by atoms with Gasteiger partial charge in [0.15, 0.2) is 0 Å². The van der Waals surface area contributed by atoms with Crippen molar-refractivity contribution >= 4 is 20.2 Å². The molecule has 0 aliphatic rings. The second-order valence-corrected chi connectivity index (χ2v) is 8.00. The minimum atomic E-state index is -3.74. The van der Waals surface area contributed by atoms with E-state index in [2.05, 4.69) is 0 Å². The van der Waals surface area contributed by atoms with E-state index in [9.17, 15) is 16.8 Å². The Morgan fingerprint density at radius 3 is 1.17 bits per heavy atom. The fraction of sp³-hybridized carbons (Fsp3) is 0.250. The Hall–Kier alpha value is -1.74. The van der Waals surface area contributed by atoms with Crippen LogP contribution in [0.5, 0.6) is 0 Å². The van der Waals surface area contributed by atoms with Crippen LogP contribution in [-0.4, -0.2) is 30.0 Å². The molecular formula is C16H18O6S2. The predicted molar refractivity (Wildman–Crippen MR) is 89.5 cm³/mol. The first-order chi connectivity index (χ1) is 11.3. The topological polar surface area (TPSA) is 86.7 Å². The molecule has 0 unspecified atom stereocenters. The molecule has 0 saturated carbocycles. The monoisotopic (exact) mass is 370 g/mol. The van der Waals surface area contributed by atoms with Gasteiger partial charge in [0.1, 0.15) is 0 Å². The summed E-state index contributed by atoms with van der Waals surface area (Å²) in [7, 11) is -7.48. The summed E-state index contributed by atoms with van der Waals surface area (Å²) in [6.07, 6.45) is 0. The van der Waals surface area contributed by atoms with Crippen LogP contribution in [0.1, 0.15) is 13.8 Å². The molecule has 0 N–H and O–H groups in total. The van der Waals surface area contributed by atoms with E-state index in [-0.39, 0.29) is 23.0 Å². The van der Waals surface area contributed by atoms with Crippen LogP contribution in [0.3, 0.4) is 0 Å². The molecule has 130 valence electrons. The minimum absolute atomic E-state index is 0.0693. The van der Waals surface area contributed by atoms with Crippen molar-refractivity contribution in [2.75, 3.05) is 13.2 Å². The van der Waals surface area contributed by atoms with Gasteiger partial charge in [-0.2, -0.15) is 16.8 Å². The Balaban J connectivity index is 2.27. The lowest BCUT2D eigenvalue weighted by Crippen LogP contribution is -2.06. The van der Waals surface area contributed by atoms with E-state index in [1.807, 2.05) is 0 Å². The molecule has 0 atom stereocenters. The van der Waals surface area contributed by atoms with Crippen molar-refractivity contribution in [3.8, 4) is 11.1 Å². The second-order valence-electron chi connectivity index (χ2n) is 4.77. The van der Waals surface area contributed by atoms with Crippen LogP contribution >= 0.6 is 0 Å². The Kier molecular flexibility index (Phi) is 5.76. The van der Waals surface area contributed by atoms with E-state index in [1.165, 1.54) is 24.3 Å². The van der Waals surface area contributed by atoms with E-state index >= 15 is 0 Å². The Bertz CT molecular complexity index is 805. The van der Waals surface area contributed by atoms with Gasteiger partial charge in [-0.1, -0.05) is 24.3 Å². The number of hydrogen-bond acceptors (Lipinski definition) is 6. The van der Waals surface area contributed by atoms with Gasteiger partial charge in [-0.25, -0.2) is 0 Å².